The van der Waals surface area contributed by atoms with E-state index in [1.807, 2.05) is 0 Å². The summed E-state index contributed by atoms with van der Waals surface area (Å²) in [5.74, 6) is 0.290. The van der Waals surface area contributed by atoms with E-state index in [0.29, 0.717) is 12.0 Å². The number of hydrogen-bond acceptors (Lipinski definition) is 2. The number of rotatable bonds is 5. The quantitative estimate of drug-likeness (QED) is 0.776. The number of ether oxygens (including phenoxy) is 1. The van der Waals surface area contributed by atoms with Gasteiger partial charge in [-0.1, -0.05) is 15.9 Å². The summed E-state index contributed by atoms with van der Waals surface area (Å²) in [6, 6.07) is 0. The second-order valence-electron chi connectivity index (χ2n) is 4.72. The second kappa shape index (κ2) is 4.83. The second-order valence-corrected chi connectivity index (χ2v) is 5.51. The Morgan fingerprint density at radius 1 is 1.53 bits per heavy atom. The molecule has 1 amide bonds. The Morgan fingerprint density at radius 3 is 2.87 bits per heavy atom. The zero-order valence-corrected chi connectivity index (χ0v) is 10.5. The van der Waals surface area contributed by atoms with E-state index in [4.69, 9.17) is 4.74 Å². The Hall–Kier alpha value is -0.0900. The van der Waals surface area contributed by atoms with Crippen LogP contribution in [0.3, 0.4) is 0 Å². The molecule has 1 heterocycles. The highest BCUT2D eigenvalue weighted by atomic mass is 79.9. The maximum Gasteiger partial charge on any atom is 0.225 e. The van der Waals surface area contributed by atoms with E-state index in [0.717, 1.165) is 24.9 Å². The number of alkyl halides is 1. The molecule has 0 aromatic rings. The van der Waals surface area contributed by atoms with Crippen LogP contribution in [0.5, 0.6) is 0 Å². The standard InChI is InChI=1S/C11H18BrNO2/c12-5-4-11(2-3-11)8-13-10(14)9-1-6-15-7-9/h9H,1-8H2,(H,13,14). The van der Waals surface area contributed by atoms with Gasteiger partial charge in [0.1, 0.15) is 0 Å². The van der Waals surface area contributed by atoms with E-state index in [2.05, 4.69) is 21.2 Å². The molecule has 1 saturated heterocycles. The SMILES string of the molecule is O=C(NCC1(CCBr)CC1)C1CCOC1. The zero-order chi connectivity index (χ0) is 10.7. The largest absolute Gasteiger partial charge is 0.381 e. The predicted molar refractivity (Wildman–Crippen MR) is 62.0 cm³/mol. The van der Waals surface area contributed by atoms with Crippen LogP contribution in [-0.4, -0.2) is 31.0 Å². The first-order chi connectivity index (χ1) is 7.26. The van der Waals surface area contributed by atoms with Crippen LogP contribution in [0, 0.1) is 11.3 Å². The van der Waals surface area contributed by atoms with Crippen molar-refractivity contribution < 1.29 is 9.53 Å². The third-order valence-electron chi connectivity index (χ3n) is 3.52. The van der Waals surface area contributed by atoms with Gasteiger partial charge in [-0.2, -0.15) is 0 Å². The molecular weight excluding hydrogens is 258 g/mol. The van der Waals surface area contributed by atoms with Gasteiger partial charge in [0.25, 0.3) is 0 Å². The lowest BCUT2D eigenvalue weighted by atomic mass is 10.0. The van der Waals surface area contributed by atoms with Gasteiger partial charge < -0.3 is 10.1 Å². The molecule has 3 nitrogen and oxygen atoms in total. The van der Waals surface area contributed by atoms with Crippen molar-refractivity contribution in [2.45, 2.75) is 25.7 Å². The maximum atomic E-state index is 11.7. The van der Waals surface area contributed by atoms with Gasteiger partial charge in [-0.3, -0.25) is 4.79 Å². The summed E-state index contributed by atoms with van der Waals surface area (Å²) < 4.78 is 5.20. The number of nitrogens with one attached hydrogen (secondary N) is 1. The zero-order valence-electron chi connectivity index (χ0n) is 8.93. The fraction of sp³-hybridized carbons (Fsp3) is 0.909. The lowest BCUT2D eigenvalue weighted by Gasteiger charge is -2.16. The first-order valence-corrected chi connectivity index (χ1v) is 6.79. The van der Waals surface area contributed by atoms with Crippen LogP contribution in [0.2, 0.25) is 0 Å². The summed E-state index contributed by atoms with van der Waals surface area (Å²) in [6.45, 7) is 2.20. The average molecular weight is 276 g/mol. The molecular formula is C11H18BrNO2. The molecule has 15 heavy (non-hydrogen) atoms. The molecule has 1 unspecified atom stereocenters. The topological polar surface area (TPSA) is 38.3 Å². The average Bonchev–Trinajstić information content (AvgIpc) is 2.81. The van der Waals surface area contributed by atoms with E-state index >= 15 is 0 Å². The van der Waals surface area contributed by atoms with Gasteiger partial charge in [0.15, 0.2) is 0 Å². The number of hydrogen-bond donors (Lipinski definition) is 1. The number of halogens is 1. The van der Waals surface area contributed by atoms with Crippen LogP contribution in [-0.2, 0) is 9.53 Å². The minimum absolute atomic E-state index is 0.102. The lowest BCUT2D eigenvalue weighted by Crippen LogP contribution is -2.35. The fourth-order valence-corrected chi connectivity index (χ4v) is 2.89. The van der Waals surface area contributed by atoms with Crippen LogP contribution in [0.1, 0.15) is 25.7 Å². The van der Waals surface area contributed by atoms with E-state index < -0.39 is 0 Å². The number of carbonyl (C=O) groups is 1. The summed E-state index contributed by atoms with van der Waals surface area (Å²) >= 11 is 3.47. The lowest BCUT2D eigenvalue weighted by molar-refractivity contribution is -0.125. The molecule has 2 aliphatic rings. The molecule has 0 spiro atoms. The van der Waals surface area contributed by atoms with Crippen LogP contribution in [0.25, 0.3) is 0 Å². The Balaban J connectivity index is 1.70. The highest BCUT2D eigenvalue weighted by Crippen LogP contribution is 2.48. The molecule has 2 fully saturated rings. The smallest absolute Gasteiger partial charge is 0.225 e. The molecule has 1 aliphatic heterocycles. The minimum atomic E-state index is 0.102. The minimum Gasteiger partial charge on any atom is -0.381 e. The van der Waals surface area contributed by atoms with Crippen LogP contribution in [0.4, 0.5) is 0 Å². The van der Waals surface area contributed by atoms with Crippen molar-refractivity contribution in [3.05, 3.63) is 0 Å². The van der Waals surface area contributed by atoms with Gasteiger partial charge in [0.2, 0.25) is 5.91 Å². The summed E-state index contributed by atoms with van der Waals surface area (Å²) in [5.41, 5.74) is 0.415. The predicted octanol–water partition coefficient (Wildman–Crippen LogP) is 1.70. The molecule has 0 aromatic carbocycles. The van der Waals surface area contributed by atoms with E-state index in [-0.39, 0.29) is 11.8 Å². The van der Waals surface area contributed by atoms with Gasteiger partial charge >= 0.3 is 0 Å². The molecule has 2 rings (SSSR count). The van der Waals surface area contributed by atoms with Crippen molar-refractivity contribution >= 4 is 21.8 Å². The highest BCUT2D eigenvalue weighted by molar-refractivity contribution is 9.09. The van der Waals surface area contributed by atoms with Gasteiger partial charge in [-0.05, 0) is 31.1 Å². The van der Waals surface area contributed by atoms with Gasteiger partial charge in [-0.25, -0.2) is 0 Å². The number of amides is 1. The molecule has 0 radical (unpaired) electrons. The van der Waals surface area contributed by atoms with E-state index in [1.54, 1.807) is 0 Å². The van der Waals surface area contributed by atoms with Gasteiger partial charge in [0.05, 0.1) is 12.5 Å². The molecule has 0 aromatic heterocycles. The molecule has 1 aliphatic carbocycles. The molecule has 1 saturated carbocycles. The first-order valence-electron chi connectivity index (χ1n) is 5.67. The summed E-state index contributed by atoms with van der Waals surface area (Å²) in [4.78, 5) is 11.7. The third-order valence-corrected chi connectivity index (χ3v) is 3.92. The maximum absolute atomic E-state index is 11.7. The Morgan fingerprint density at radius 2 is 2.33 bits per heavy atom. The van der Waals surface area contributed by atoms with Gasteiger partial charge in [0, 0.05) is 18.5 Å². The molecule has 0 bridgehead atoms. The van der Waals surface area contributed by atoms with Crippen LogP contribution < -0.4 is 5.32 Å². The summed E-state index contributed by atoms with van der Waals surface area (Å²) in [7, 11) is 0. The molecule has 86 valence electrons. The van der Waals surface area contributed by atoms with Crippen molar-refractivity contribution in [1.82, 2.24) is 5.32 Å². The third kappa shape index (κ3) is 2.94. The molecule has 1 atom stereocenters. The van der Waals surface area contributed by atoms with Crippen LogP contribution >= 0.6 is 15.9 Å². The summed E-state index contributed by atoms with van der Waals surface area (Å²) in [6.07, 6.45) is 4.59. The monoisotopic (exact) mass is 275 g/mol. The Labute approximate surface area is 99.1 Å². The van der Waals surface area contributed by atoms with E-state index in [1.165, 1.54) is 19.3 Å². The molecule has 4 heteroatoms. The molecule has 1 N–H and O–H groups in total. The van der Waals surface area contributed by atoms with Crippen molar-refractivity contribution in [2.24, 2.45) is 11.3 Å². The number of carbonyl (C=O) groups excluding carboxylic acids is 1. The van der Waals surface area contributed by atoms with Crippen molar-refractivity contribution in [3.8, 4) is 0 Å². The first kappa shape index (κ1) is 11.4. The Bertz CT molecular complexity index is 235. The van der Waals surface area contributed by atoms with Crippen LogP contribution in [0.15, 0.2) is 0 Å². The van der Waals surface area contributed by atoms with Gasteiger partial charge in [-0.15, -0.1) is 0 Å². The highest BCUT2D eigenvalue weighted by Gasteiger charge is 2.42. The Kier molecular flexibility index (Phi) is 3.67. The normalized spacial score (nSPS) is 27.7. The van der Waals surface area contributed by atoms with Crippen molar-refractivity contribution in [2.75, 3.05) is 25.1 Å². The van der Waals surface area contributed by atoms with Crippen molar-refractivity contribution in [3.63, 3.8) is 0 Å². The van der Waals surface area contributed by atoms with Crippen molar-refractivity contribution in [1.29, 1.82) is 0 Å². The fourth-order valence-electron chi connectivity index (χ4n) is 2.05. The van der Waals surface area contributed by atoms with E-state index in [9.17, 15) is 4.79 Å². The summed E-state index contributed by atoms with van der Waals surface area (Å²) in [5, 5.41) is 4.11.